The van der Waals surface area contributed by atoms with Gasteiger partial charge in [0.05, 0.1) is 12.3 Å². The molecular weight excluding hydrogens is 301 g/mol. The van der Waals surface area contributed by atoms with Gasteiger partial charge in [-0.25, -0.2) is 13.8 Å². The molecule has 0 saturated heterocycles. The van der Waals surface area contributed by atoms with Gasteiger partial charge in [0.2, 0.25) is 0 Å². The van der Waals surface area contributed by atoms with Crippen molar-refractivity contribution in [2.45, 2.75) is 19.2 Å². The Bertz CT molecular complexity index is 393. The molecule has 0 spiro atoms. The summed E-state index contributed by atoms with van der Waals surface area (Å²) in [7, 11) is 0. The van der Waals surface area contributed by atoms with Crippen LogP contribution in [0.15, 0.2) is 10.5 Å². The highest BCUT2D eigenvalue weighted by Gasteiger charge is 2.36. The lowest BCUT2D eigenvalue weighted by Gasteiger charge is -2.12. The first-order chi connectivity index (χ1) is 7.27. The number of aromatic nitrogens is 1. The predicted octanol–water partition coefficient (Wildman–Crippen LogP) is 3.29. The highest BCUT2D eigenvalue weighted by atomic mass is 79.9. The van der Waals surface area contributed by atoms with Gasteiger partial charge in [0.15, 0.2) is 5.69 Å². The molecule has 0 aliphatic carbocycles. The molecule has 90 valence electrons. The van der Waals surface area contributed by atoms with Gasteiger partial charge in [-0.1, -0.05) is 0 Å². The zero-order valence-corrected chi connectivity index (χ0v) is 9.11. The molecular formula is C8H5BrF5NO. The van der Waals surface area contributed by atoms with E-state index in [0.717, 1.165) is 0 Å². The molecule has 1 N–H and O–H groups in total. The molecule has 0 fully saturated rings. The highest BCUT2D eigenvalue weighted by molar-refractivity contribution is 9.10. The van der Waals surface area contributed by atoms with Crippen molar-refractivity contribution >= 4 is 15.9 Å². The molecule has 1 aromatic heterocycles. The molecule has 0 amide bonds. The quantitative estimate of drug-likeness (QED) is 0.851. The lowest BCUT2D eigenvalue weighted by molar-refractivity contribution is -0.142. The van der Waals surface area contributed by atoms with Gasteiger partial charge in [-0.2, -0.15) is 13.2 Å². The molecule has 0 atom stereocenters. The standard InChI is InChI=1S/C8H5BrF5NO/c9-4-1-3(7(10)11)5(2-16)15-6(4)8(12,13)14/h1,7,16H,2H2. The minimum atomic E-state index is -4.76. The maximum Gasteiger partial charge on any atom is 0.434 e. The van der Waals surface area contributed by atoms with Crippen LogP contribution in [0.25, 0.3) is 0 Å². The van der Waals surface area contributed by atoms with E-state index < -0.39 is 40.6 Å². The van der Waals surface area contributed by atoms with Gasteiger partial charge in [0, 0.05) is 10.0 Å². The normalized spacial score (nSPS) is 12.2. The van der Waals surface area contributed by atoms with E-state index in [1.165, 1.54) is 0 Å². The first-order valence-corrected chi connectivity index (χ1v) is 4.72. The first kappa shape index (κ1) is 13.3. The van der Waals surface area contributed by atoms with Gasteiger partial charge in [-0.3, -0.25) is 0 Å². The summed E-state index contributed by atoms with van der Waals surface area (Å²) in [5, 5.41) is 8.67. The lowest BCUT2D eigenvalue weighted by atomic mass is 10.2. The second-order valence-electron chi connectivity index (χ2n) is 2.81. The van der Waals surface area contributed by atoms with Crippen molar-refractivity contribution in [1.29, 1.82) is 0 Å². The highest BCUT2D eigenvalue weighted by Crippen LogP contribution is 2.36. The van der Waals surface area contributed by atoms with Crippen LogP contribution in [0.5, 0.6) is 0 Å². The molecule has 2 nitrogen and oxygen atoms in total. The third-order valence-corrected chi connectivity index (χ3v) is 2.35. The zero-order valence-electron chi connectivity index (χ0n) is 7.52. The number of nitrogens with zero attached hydrogens (tertiary/aromatic N) is 1. The van der Waals surface area contributed by atoms with Crippen molar-refractivity contribution in [2.75, 3.05) is 0 Å². The Balaban J connectivity index is 3.37. The van der Waals surface area contributed by atoms with Crippen LogP contribution in [0.3, 0.4) is 0 Å². The number of halogens is 6. The molecule has 0 aromatic carbocycles. The molecule has 1 aromatic rings. The van der Waals surface area contributed by atoms with Gasteiger partial charge >= 0.3 is 6.18 Å². The average molecular weight is 306 g/mol. The van der Waals surface area contributed by atoms with Crippen molar-refractivity contribution in [1.82, 2.24) is 4.98 Å². The van der Waals surface area contributed by atoms with E-state index in [-0.39, 0.29) is 0 Å². The monoisotopic (exact) mass is 305 g/mol. The molecule has 0 unspecified atom stereocenters. The summed E-state index contributed by atoms with van der Waals surface area (Å²) in [6, 6.07) is 0.617. The Hall–Kier alpha value is -0.760. The van der Waals surface area contributed by atoms with Crippen molar-refractivity contribution in [3.63, 3.8) is 0 Å². The maximum atomic E-state index is 12.4. The van der Waals surface area contributed by atoms with Crippen LogP contribution in [0, 0.1) is 0 Å². The summed E-state index contributed by atoms with van der Waals surface area (Å²) in [4.78, 5) is 2.98. The van der Waals surface area contributed by atoms with Gasteiger partial charge in [-0.05, 0) is 22.0 Å². The fourth-order valence-electron chi connectivity index (χ4n) is 1.06. The molecule has 1 rings (SSSR count). The van der Waals surface area contributed by atoms with Crippen LogP contribution in [0.2, 0.25) is 0 Å². The molecule has 0 bridgehead atoms. The van der Waals surface area contributed by atoms with Crippen LogP contribution >= 0.6 is 15.9 Å². The van der Waals surface area contributed by atoms with Crippen LogP contribution < -0.4 is 0 Å². The van der Waals surface area contributed by atoms with E-state index in [1.807, 2.05) is 0 Å². The number of alkyl halides is 5. The van der Waals surface area contributed by atoms with E-state index in [4.69, 9.17) is 5.11 Å². The maximum absolute atomic E-state index is 12.4. The predicted molar refractivity (Wildman–Crippen MR) is 47.8 cm³/mol. The van der Waals surface area contributed by atoms with Crippen LogP contribution in [0.1, 0.15) is 23.4 Å². The molecule has 0 aliphatic rings. The molecule has 8 heteroatoms. The molecule has 0 radical (unpaired) electrons. The first-order valence-electron chi connectivity index (χ1n) is 3.93. The molecule has 16 heavy (non-hydrogen) atoms. The minimum absolute atomic E-state index is 0.576. The van der Waals surface area contributed by atoms with Crippen LogP contribution in [-0.4, -0.2) is 10.1 Å². The molecule has 0 saturated carbocycles. The Morgan fingerprint density at radius 3 is 2.31 bits per heavy atom. The Morgan fingerprint density at radius 1 is 1.38 bits per heavy atom. The number of hydrogen-bond acceptors (Lipinski definition) is 2. The SMILES string of the molecule is OCc1nc(C(F)(F)F)c(Br)cc1C(F)F. The third-order valence-electron chi connectivity index (χ3n) is 1.74. The van der Waals surface area contributed by atoms with Gasteiger partial charge < -0.3 is 5.11 Å². The smallest absolute Gasteiger partial charge is 0.390 e. The van der Waals surface area contributed by atoms with Crippen LogP contribution in [0.4, 0.5) is 22.0 Å². The van der Waals surface area contributed by atoms with E-state index in [2.05, 4.69) is 20.9 Å². The second-order valence-corrected chi connectivity index (χ2v) is 3.67. The summed E-state index contributed by atoms with van der Waals surface area (Å²) in [6.45, 7) is -0.976. The van der Waals surface area contributed by atoms with Crippen molar-refractivity contribution in [2.24, 2.45) is 0 Å². The Morgan fingerprint density at radius 2 is 1.94 bits per heavy atom. The zero-order chi connectivity index (χ0) is 12.5. The summed E-state index contributed by atoms with van der Waals surface area (Å²) < 4.78 is 61.2. The fourth-order valence-corrected chi connectivity index (χ4v) is 1.62. The largest absolute Gasteiger partial charge is 0.434 e. The van der Waals surface area contributed by atoms with E-state index in [1.54, 1.807) is 0 Å². The molecule has 1 heterocycles. The summed E-state index contributed by atoms with van der Waals surface area (Å²) >= 11 is 2.52. The number of pyridine rings is 1. The van der Waals surface area contributed by atoms with Crippen molar-refractivity contribution in [3.8, 4) is 0 Å². The van der Waals surface area contributed by atoms with E-state index >= 15 is 0 Å². The summed E-state index contributed by atoms with van der Waals surface area (Å²) in [5.74, 6) is 0. The minimum Gasteiger partial charge on any atom is -0.390 e. The second kappa shape index (κ2) is 4.62. The number of hydrogen-bond donors (Lipinski definition) is 1. The number of aliphatic hydroxyl groups is 1. The summed E-state index contributed by atoms with van der Waals surface area (Å²) in [6.07, 6.45) is -7.75. The number of rotatable bonds is 2. The van der Waals surface area contributed by atoms with E-state index in [0.29, 0.717) is 6.07 Å². The topological polar surface area (TPSA) is 33.1 Å². The van der Waals surface area contributed by atoms with Crippen molar-refractivity contribution in [3.05, 3.63) is 27.5 Å². The Labute approximate surface area is 95.2 Å². The Kier molecular flexibility index (Phi) is 3.84. The lowest BCUT2D eigenvalue weighted by Crippen LogP contribution is -2.12. The van der Waals surface area contributed by atoms with Gasteiger partial charge in [0.25, 0.3) is 6.43 Å². The fraction of sp³-hybridized carbons (Fsp3) is 0.375. The van der Waals surface area contributed by atoms with Crippen LogP contribution in [-0.2, 0) is 12.8 Å². The number of aliphatic hydroxyl groups excluding tert-OH is 1. The summed E-state index contributed by atoms with van der Waals surface area (Å²) in [5.41, 5.74) is -2.73. The van der Waals surface area contributed by atoms with Gasteiger partial charge in [0.1, 0.15) is 0 Å². The van der Waals surface area contributed by atoms with Crippen molar-refractivity contribution < 1.29 is 27.1 Å². The van der Waals surface area contributed by atoms with E-state index in [9.17, 15) is 22.0 Å². The molecule has 0 aliphatic heterocycles. The average Bonchev–Trinajstić information content (AvgIpc) is 2.15. The third kappa shape index (κ3) is 2.67. The van der Waals surface area contributed by atoms with Gasteiger partial charge in [-0.15, -0.1) is 0 Å².